The molecule has 0 aliphatic rings. The minimum absolute atomic E-state index is 0.318. The quantitative estimate of drug-likeness (QED) is 0.498. The molecule has 106 valence electrons. The second kappa shape index (κ2) is 5.12. The minimum Gasteiger partial charge on any atom is -0.507 e. The lowest BCUT2D eigenvalue weighted by Gasteiger charge is -2.14. The van der Waals surface area contributed by atoms with Crippen molar-refractivity contribution in [1.82, 2.24) is 0 Å². The Kier molecular flexibility index (Phi) is 3.10. The first-order valence-corrected chi connectivity index (χ1v) is 7.82. The smallest absolute Gasteiger partial charge is 0.124 e. The average molecular weight is 302 g/mol. The van der Waals surface area contributed by atoms with Gasteiger partial charge in [0.25, 0.3) is 0 Å². The number of phenolic OH excluding ortho intramolecular Hbond substituents is 1. The van der Waals surface area contributed by atoms with Crippen LogP contribution in [-0.4, -0.2) is 5.11 Å². The van der Waals surface area contributed by atoms with Gasteiger partial charge in [-0.15, -0.1) is 9.24 Å². The van der Waals surface area contributed by atoms with Gasteiger partial charge in [-0.2, -0.15) is 0 Å². The Morgan fingerprint density at radius 3 is 1.82 bits per heavy atom. The predicted octanol–water partition coefficient (Wildman–Crippen LogP) is 4.87. The van der Waals surface area contributed by atoms with Crippen molar-refractivity contribution in [3.63, 3.8) is 0 Å². The van der Waals surface area contributed by atoms with Crippen LogP contribution in [0.25, 0.3) is 32.7 Å². The molecule has 4 rings (SSSR count). The highest BCUT2D eigenvalue weighted by molar-refractivity contribution is 7.28. The molecule has 0 saturated carbocycles. The van der Waals surface area contributed by atoms with E-state index in [4.69, 9.17) is 0 Å². The van der Waals surface area contributed by atoms with Gasteiger partial charge >= 0.3 is 0 Å². The van der Waals surface area contributed by atoms with Crippen molar-refractivity contribution in [3.8, 4) is 16.9 Å². The first-order chi connectivity index (χ1) is 10.8. The van der Waals surface area contributed by atoms with Crippen LogP contribution in [0.5, 0.6) is 5.75 Å². The standard InChI is InChI=1S/C20H15OP/c21-17-11-9-13-5-1-3-7-15(13)19(17)20-16-8-4-2-6-14(16)10-12-18(20)22/h1-12,21H,22H2. The molecule has 22 heavy (non-hydrogen) atoms. The van der Waals surface area contributed by atoms with Crippen LogP contribution in [0.3, 0.4) is 0 Å². The van der Waals surface area contributed by atoms with Gasteiger partial charge in [0.1, 0.15) is 5.75 Å². The third kappa shape index (κ3) is 1.98. The fourth-order valence-electron chi connectivity index (χ4n) is 3.09. The fourth-order valence-corrected chi connectivity index (χ4v) is 3.49. The van der Waals surface area contributed by atoms with Crippen LogP contribution in [0.1, 0.15) is 0 Å². The van der Waals surface area contributed by atoms with E-state index < -0.39 is 0 Å². The lowest BCUT2D eigenvalue weighted by molar-refractivity contribution is 0.478. The molecule has 0 bridgehead atoms. The second-order valence-corrected chi connectivity index (χ2v) is 6.05. The van der Waals surface area contributed by atoms with Gasteiger partial charge in [0, 0.05) is 11.1 Å². The van der Waals surface area contributed by atoms with Gasteiger partial charge in [0.15, 0.2) is 0 Å². The molecule has 1 unspecified atom stereocenters. The summed E-state index contributed by atoms with van der Waals surface area (Å²) in [6.45, 7) is 0. The molecule has 0 aliphatic heterocycles. The summed E-state index contributed by atoms with van der Waals surface area (Å²) in [5.41, 5.74) is 1.98. The number of fused-ring (bicyclic) bond motifs is 2. The van der Waals surface area contributed by atoms with E-state index in [-0.39, 0.29) is 0 Å². The molecule has 2 heteroatoms. The van der Waals surface area contributed by atoms with E-state index in [0.29, 0.717) is 5.75 Å². The number of phenols is 1. The van der Waals surface area contributed by atoms with Crippen molar-refractivity contribution in [3.05, 3.63) is 72.8 Å². The van der Waals surface area contributed by atoms with Crippen LogP contribution in [0.4, 0.5) is 0 Å². The van der Waals surface area contributed by atoms with Gasteiger partial charge in [-0.3, -0.25) is 0 Å². The van der Waals surface area contributed by atoms with E-state index in [9.17, 15) is 5.11 Å². The second-order valence-electron chi connectivity index (χ2n) is 5.43. The molecule has 0 amide bonds. The number of rotatable bonds is 1. The maximum absolute atomic E-state index is 10.5. The molecule has 0 saturated heterocycles. The first-order valence-electron chi connectivity index (χ1n) is 7.24. The molecule has 1 nitrogen and oxygen atoms in total. The minimum atomic E-state index is 0.318. The number of benzene rings is 4. The zero-order chi connectivity index (χ0) is 15.1. The lowest BCUT2D eigenvalue weighted by atomic mass is 9.93. The summed E-state index contributed by atoms with van der Waals surface area (Å²) in [4.78, 5) is 0. The molecule has 1 N–H and O–H groups in total. The van der Waals surface area contributed by atoms with Crippen molar-refractivity contribution in [2.75, 3.05) is 0 Å². The van der Waals surface area contributed by atoms with Crippen LogP contribution in [0.2, 0.25) is 0 Å². The Balaban J connectivity index is 2.21. The first kappa shape index (κ1) is 13.3. The fraction of sp³-hybridized carbons (Fsp3) is 0. The van der Waals surface area contributed by atoms with E-state index in [0.717, 1.165) is 32.6 Å². The summed E-state index contributed by atoms with van der Waals surface area (Å²) >= 11 is 0. The van der Waals surface area contributed by atoms with Crippen LogP contribution < -0.4 is 5.30 Å². The Hall–Kier alpha value is -2.37. The normalized spacial score (nSPS) is 11.1. The highest BCUT2D eigenvalue weighted by atomic mass is 31.0. The van der Waals surface area contributed by atoms with E-state index in [1.807, 2.05) is 30.3 Å². The maximum atomic E-state index is 10.5. The molecule has 1 atom stereocenters. The zero-order valence-electron chi connectivity index (χ0n) is 12.0. The van der Waals surface area contributed by atoms with Gasteiger partial charge in [-0.25, -0.2) is 0 Å². The Morgan fingerprint density at radius 2 is 1.14 bits per heavy atom. The van der Waals surface area contributed by atoms with Crippen LogP contribution >= 0.6 is 9.24 Å². The highest BCUT2D eigenvalue weighted by Gasteiger charge is 2.14. The van der Waals surface area contributed by atoms with Crippen molar-refractivity contribution in [2.24, 2.45) is 0 Å². The third-order valence-corrected chi connectivity index (χ3v) is 4.60. The molecule has 0 radical (unpaired) electrons. The molecular weight excluding hydrogens is 287 g/mol. The number of hydrogen-bond acceptors (Lipinski definition) is 1. The summed E-state index contributed by atoms with van der Waals surface area (Å²) in [6.07, 6.45) is 0. The van der Waals surface area contributed by atoms with E-state index >= 15 is 0 Å². The topological polar surface area (TPSA) is 20.2 Å². The average Bonchev–Trinajstić information content (AvgIpc) is 2.56. The van der Waals surface area contributed by atoms with Crippen LogP contribution in [0.15, 0.2) is 72.8 Å². The summed E-state index contributed by atoms with van der Waals surface area (Å²) in [6, 6.07) is 24.4. The van der Waals surface area contributed by atoms with Gasteiger partial charge in [-0.05, 0) is 32.9 Å². The molecule has 0 aromatic heterocycles. The van der Waals surface area contributed by atoms with E-state index in [1.54, 1.807) is 6.07 Å². The number of aromatic hydroxyl groups is 1. The Morgan fingerprint density at radius 1 is 0.591 bits per heavy atom. The highest BCUT2D eigenvalue weighted by Crippen LogP contribution is 2.39. The monoisotopic (exact) mass is 302 g/mol. The van der Waals surface area contributed by atoms with Gasteiger partial charge in [-0.1, -0.05) is 66.7 Å². The predicted molar refractivity (Wildman–Crippen MR) is 97.9 cm³/mol. The maximum Gasteiger partial charge on any atom is 0.124 e. The van der Waals surface area contributed by atoms with Crippen molar-refractivity contribution < 1.29 is 5.11 Å². The molecule has 4 aromatic rings. The zero-order valence-corrected chi connectivity index (χ0v) is 13.1. The van der Waals surface area contributed by atoms with Crippen molar-refractivity contribution >= 4 is 36.1 Å². The molecular formula is C20H15OP. The molecule has 0 spiro atoms. The SMILES string of the molecule is Oc1ccc2ccccc2c1-c1c(P)ccc2ccccc12. The van der Waals surface area contributed by atoms with Gasteiger partial charge in [0.05, 0.1) is 0 Å². The third-order valence-electron chi connectivity index (χ3n) is 4.12. The molecule has 4 aromatic carbocycles. The van der Waals surface area contributed by atoms with Crippen molar-refractivity contribution in [1.29, 1.82) is 0 Å². The Bertz CT molecular complexity index is 922. The van der Waals surface area contributed by atoms with Crippen LogP contribution in [-0.2, 0) is 0 Å². The largest absolute Gasteiger partial charge is 0.507 e. The summed E-state index contributed by atoms with van der Waals surface area (Å²) in [5.74, 6) is 0.318. The molecule has 0 aliphatic carbocycles. The van der Waals surface area contributed by atoms with Crippen LogP contribution in [0, 0.1) is 0 Å². The molecule has 0 fully saturated rings. The molecule has 0 heterocycles. The van der Waals surface area contributed by atoms with Crippen molar-refractivity contribution in [2.45, 2.75) is 0 Å². The summed E-state index contributed by atoms with van der Waals surface area (Å²) < 4.78 is 0. The van der Waals surface area contributed by atoms with Gasteiger partial charge in [0.2, 0.25) is 0 Å². The Labute approximate surface area is 131 Å². The van der Waals surface area contributed by atoms with Gasteiger partial charge < -0.3 is 5.11 Å². The summed E-state index contributed by atoms with van der Waals surface area (Å²) in [5, 5.41) is 16.2. The number of hydrogen-bond donors (Lipinski definition) is 1. The van der Waals surface area contributed by atoms with E-state index in [2.05, 4.69) is 45.6 Å². The summed E-state index contributed by atoms with van der Waals surface area (Å²) in [7, 11) is 2.79. The van der Waals surface area contributed by atoms with E-state index in [1.165, 1.54) is 5.39 Å². The lowest BCUT2D eigenvalue weighted by Crippen LogP contribution is -1.99.